The van der Waals surface area contributed by atoms with Gasteiger partial charge in [0, 0.05) is 6.04 Å². The van der Waals surface area contributed by atoms with Crippen molar-refractivity contribution in [1.82, 2.24) is 4.31 Å². The maximum Gasteiger partial charge on any atom is 0.321 e. The summed E-state index contributed by atoms with van der Waals surface area (Å²) in [5.41, 5.74) is 0. The van der Waals surface area contributed by atoms with Gasteiger partial charge in [-0.15, -0.1) is 11.3 Å². The van der Waals surface area contributed by atoms with E-state index < -0.39 is 16.0 Å². The molecule has 0 spiro atoms. The van der Waals surface area contributed by atoms with Crippen LogP contribution in [-0.4, -0.2) is 37.9 Å². The van der Waals surface area contributed by atoms with Crippen molar-refractivity contribution in [2.24, 2.45) is 0 Å². The Morgan fingerprint density at radius 1 is 1.56 bits per heavy atom. The van der Waals surface area contributed by atoms with Crippen LogP contribution in [-0.2, 0) is 19.6 Å². The first-order valence-corrected chi connectivity index (χ1v) is 8.08. The van der Waals surface area contributed by atoms with Gasteiger partial charge in [0.1, 0.15) is 10.8 Å². The molecule has 0 aliphatic heterocycles. The van der Waals surface area contributed by atoms with Gasteiger partial charge in [-0.05, 0) is 31.2 Å². The summed E-state index contributed by atoms with van der Waals surface area (Å²) in [6.45, 7) is 1.77. The van der Waals surface area contributed by atoms with E-state index in [0.717, 1.165) is 24.2 Å². The van der Waals surface area contributed by atoms with E-state index in [-0.39, 0.29) is 23.4 Å². The number of sulfonamides is 1. The first-order valence-electron chi connectivity index (χ1n) is 5.76. The third kappa shape index (κ3) is 2.90. The summed E-state index contributed by atoms with van der Waals surface area (Å²) < 4.78 is 31.0. The zero-order chi connectivity index (χ0) is 13.2. The number of rotatable bonds is 6. The van der Waals surface area contributed by atoms with Gasteiger partial charge in [-0.3, -0.25) is 4.79 Å². The first kappa shape index (κ1) is 13.5. The summed E-state index contributed by atoms with van der Waals surface area (Å²) in [5, 5.41) is 1.71. The molecule has 0 atom stereocenters. The van der Waals surface area contributed by atoms with Crippen molar-refractivity contribution < 1.29 is 17.9 Å². The minimum atomic E-state index is -3.56. The average Bonchev–Trinajstić information content (AvgIpc) is 2.98. The van der Waals surface area contributed by atoms with Crippen LogP contribution in [0.25, 0.3) is 0 Å². The SMILES string of the molecule is CCOC(=O)CN(C1CC1)S(=O)(=O)c1cccs1. The Balaban J connectivity index is 2.18. The lowest BCUT2D eigenvalue weighted by molar-refractivity contribution is -0.143. The highest BCUT2D eigenvalue weighted by Crippen LogP contribution is 2.33. The Bertz CT molecular complexity index is 505. The molecule has 0 saturated heterocycles. The molecule has 7 heteroatoms. The molecule has 0 radical (unpaired) electrons. The van der Waals surface area contributed by atoms with Gasteiger partial charge in [-0.25, -0.2) is 8.42 Å². The fourth-order valence-electron chi connectivity index (χ4n) is 1.63. The second-order valence-electron chi connectivity index (χ2n) is 4.02. The molecule has 0 aromatic carbocycles. The van der Waals surface area contributed by atoms with Crippen molar-refractivity contribution in [1.29, 1.82) is 0 Å². The third-order valence-corrected chi connectivity index (χ3v) is 5.87. The molecule has 5 nitrogen and oxygen atoms in total. The van der Waals surface area contributed by atoms with Gasteiger partial charge in [0.2, 0.25) is 0 Å². The molecule has 18 heavy (non-hydrogen) atoms. The van der Waals surface area contributed by atoms with Gasteiger partial charge < -0.3 is 4.74 Å². The fraction of sp³-hybridized carbons (Fsp3) is 0.545. The van der Waals surface area contributed by atoms with Crippen molar-refractivity contribution in [3.63, 3.8) is 0 Å². The van der Waals surface area contributed by atoms with E-state index in [2.05, 4.69) is 0 Å². The van der Waals surface area contributed by atoms with Gasteiger partial charge in [-0.1, -0.05) is 6.07 Å². The maximum absolute atomic E-state index is 12.3. The number of hydrogen-bond acceptors (Lipinski definition) is 5. The standard InChI is InChI=1S/C11H15NO4S2/c1-2-16-10(13)8-12(9-5-6-9)18(14,15)11-4-3-7-17-11/h3-4,7,9H,2,5-6,8H2,1H3. The highest BCUT2D eigenvalue weighted by atomic mass is 32.2. The molecule has 100 valence electrons. The zero-order valence-electron chi connectivity index (χ0n) is 10.0. The number of nitrogens with zero attached hydrogens (tertiary/aromatic N) is 1. The van der Waals surface area contributed by atoms with Crippen LogP contribution in [0.3, 0.4) is 0 Å². The lowest BCUT2D eigenvalue weighted by Gasteiger charge is -2.19. The number of ether oxygens (including phenoxy) is 1. The summed E-state index contributed by atoms with van der Waals surface area (Å²) in [4.78, 5) is 11.5. The second-order valence-corrected chi connectivity index (χ2v) is 7.08. The molecule has 1 heterocycles. The minimum Gasteiger partial charge on any atom is -0.465 e. The molecule has 1 aromatic rings. The maximum atomic E-state index is 12.3. The van der Waals surface area contributed by atoms with Gasteiger partial charge >= 0.3 is 5.97 Å². The van der Waals surface area contributed by atoms with Crippen LogP contribution in [0, 0.1) is 0 Å². The molecule has 1 aliphatic rings. The molecule has 1 aliphatic carbocycles. The first-order chi connectivity index (χ1) is 8.55. The summed E-state index contributed by atoms with van der Waals surface area (Å²) in [5.74, 6) is -0.496. The molecule has 0 bridgehead atoms. The minimum absolute atomic E-state index is 0.0542. The highest BCUT2D eigenvalue weighted by molar-refractivity contribution is 7.91. The molecule has 1 saturated carbocycles. The number of hydrogen-bond donors (Lipinski definition) is 0. The quantitative estimate of drug-likeness (QED) is 0.744. The lowest BCUT2D eigenvalue weighted by atomic mass is 10.6. The van der Waals surface area contributed by atoms with E-state index in [0.29, 0.717) is 0 Å². The molecule has 2 rings (SSSR count). The van der Waals surface area contributed by atoms with Gasteiger partial charge in [0.05, 0.1) is 6.61 Å². The average molecular weight is 289 g/mol. The van der Waals surface area contributed by atoms with Crippen molar-refractivity contribution in [3.05, 3.63) is 17.5 Å². The van der Waals surface area contributed by atoms with E-state index in [1.807, 2.05) is 0 Å². The predicted molar refractivity (Wildman–Crippen MR) is 67.9 cm³/mol. The van der Waals surface area contributed by atoms with Gasteiger partial charge in [-0.2, -0.15) is 4.31 Å². The molecular weight excluding hydrogens is 274 g/mol. The van der Waals surface area contributed by atoms with E-state index in [1.165, 1.54) is 4.31 Å². The predicted octanol–water partition coefficient (Wildman–Crippen LogP) is 1.46. The van der Waals surface area contributed by atoms with E-state index in [1.54, 1.807) is 24.4 Å². The topological polar surface area (TPSA) is 63.7 Å². The summed E-state index contributed by atoms with van der Waals surface area (Å²) in [6.07, 6.45) is 1.62. The van der Waals surface area contributed by atoms with Crippen LogP contribution in [0.5, 0.6) is 0 Å². The highest BCUT2D eigenvalue weighted by Gasteiger charge is 2.39. The number of carbonyl (C=O) groups is 1. The monoisotopic (exact) mass is 289 g/mol. The number of thiophene rings is 1. The third-order valence-electron chi connectivity index (χ3n) is 2.60. The summed E-state index contributed by atoms with van der Waals surface area (Å²) in [6, 6.07) is 3.19. The smallest absolute Gasteiger partial charge is 0.321 e. The van der Waals surface area contributed by atoms with Crippen LogP contribution < -0.4 is 0 Å². The van der Waals surface area contributed by atoms with Crippen molar-refractivity contribution in [3.8, 4) is 0 Å². The van der Waals surface area contributed by atoms with Gasteiger partial charge in [0.15, 0.2) is 0 Å². The Morgan fingerprint density at radius 3 is 2.78 bits per heavy atom. The van der Waals surface area contributed by atoms with Crippen LogP contribution in [0.2, 0.25) is 0 Å². The normalized spacial score (nSPS) is 15.9. The Kier molecular flexibility index (Phi) is 4.04. The zero-order valence-corrected chi connectivity index (χ0v) is 11.7. The lowest BCUT2D eigenvalue weighted by Crippen LogP contribution is -2.37. The second kappa shape index (κ2) is 5.38. The van der Waals surface area contributed by atoms with Crippen molar-refractivity contribution in [2.45, 2.75) is 30.0 Å². The van der Waals surface area contributed by atoms with Gasteiger partial charge in [0.25, 0.3) is 10.0 Å². The Morgan fingerprint density at radius 2 is 2.28 bits per heavy atom. The molecule has 1 aromatic heterocycles. The number of esters is 1. The molecular formula is C11H15NO4S2. The molecule has 0 unspecified atom stereocenters. The van der Waals surface area contributed by atoms with Crippen molar-refractivity contribution in [2.75, 3.05) is 13.2 Å². The summed E-state index contributed by atoms with van der Waals surface area (Å²) >= 11 is 1.16. The molecule has 0 N–H and O–H groups in total. The Hall–Kier alpha value is -0.920. The Labute approximate surface area is 110 Å². The van der Waals surface area contributed by atoms with Crippen LogP contribution >= 0.6 is 11.3 Å². The largest absolute Gasteiger partial charge is 0.465 e. The van der Waals surface area contributed by atoms with Crippen molar-refractivity contribution >= 4 is 27.3 Å². The van der Waals surface area contributed by atoms with E-state index in [4.69, 9.17) is 4.74 Å². The van der Waals surface area contributed by atoms with Crippen LogP contribution in [0.1, 0.15) is 19.8 Å². The molecule has 1 fully saturated rings. The van der Waals surface area contributed by atoms with E-state index >= 15 is 0 Å². The van der Waals surface area contributed by atoms with Crippen LogP contribution in [0.15, 0.2) is 21.7 Å². The fourth-order valence-corrected chi connectivity index (χ4v) is 4.38. The molecule has 0 amide bonds. The summed E-state index contributed by atoms with van der Waals surface area (Å²) in [7, 11) is -3.56. The van der Waals surface area contributed by atoms with E-state index in [9.17, 15) is 13.2 Å². The van der Waals surface area contributed by atoms with Crippen LogP contribution in [0.4, 0.5) is 0 Å². The number of carbonyl (C=O) groups excluding carboxylic acids is 1.